The standard InChI is InChI=1S/C29H33N3O3S/c1-28(2)18-29(27(34)35-28)12-6-14-32(19-29)21-10-15-31(16-11-21)26(33)24-22-8-3-4-9-23(22)36-25(24)20-7-5-13-30-17-20/h3-5,7-9,13,17,21H,6,10-12,14-16,18-19H2,1-2H3. The zero-order valence-electron chi connectivity index (χ0n) is 21.0. The van der Waals surface area contributed by atoms with Crippen molar-refractivity contribution < 1.29 is 14.3 Å². The van der Waals surface area contributed by atoms with Gasteiger partial charge < -0.3 is 9.64 Å². The highest BCUT2D eigenvalue weighted by Gasteiger charge is 2.54. The third kappa shape index (κ3) is 4.12. The highest BCUT2D eigenvalue weighted by atomic mass is 32.1. The summed E-state index contributed by atoms with van der Waals surface area (Å²) in [5.74, 6) is 0.0954. The van der Waals surface area contributed by atoms with Crippen molar-refractivity contribution in [2.24, 2.45) is 5.41 Å². The lowest BCUT2D eigenvalue weighted by Gasteiger charge is -2.44. The summed E-state index contributed by atoms with van der Waals surface area (Å²) in [6.07, 6.45) is 8.23. The maximum atomic E-state index is 13.9. The summed E-state index contributed by atoms with van der Waals surface area (Å²) in [5, 5.41) is 1.02. The van der Waals surface area contributed by atoms with Gasteiger partial charge in [-0.15, -0.1) is 11.3 Å². The van der Waals surface area contributed by atoms with Gasteiger partial charge in [0.25, 0.3) is 5.91 Å². The summed E-state index contributed by atoms with van der Waals surface area (Å²) < 4.78 is 6.85. The Labute approximate surface area is 216 Å². The molecule has 7 heteroatoms. The first-order chi connectivity index (χ1) is 17.4. The van der Waals surface area contributed by atoms with Gasteiger partial charge in [-0.05, 0) is 58.2 Å². The minimum Gasteiger partial charge on any atom is -0.459 e. The Morgan fingerprint density at radius 2 is 1.92 bits per heavy atom. The molecule has 0 aliphatic carbocycles. The van der Waals surface area contributed by atoms with E-state index in [9.17, 15) is 9.59 Å². The van der Waals surface area contributed by atoms with Crippen molar-refractivity contribution in [2.45, 2.75) is 57.6 Å². The highest BCUT2D eigenvalue weighted by molar-refractivity contribution is 7.22. The predicted octanol–water partition coefficient (Wildman–Crippen LogP) is 5.38. The lowest BCUT2D eigenvalue weighted by molar-refractivity contribution is -0.154. The van der Waals surface area contributed by atoms with Crippen LogP contribution in [0, 0.1) is 5.41 Å². The monoisotopic (exact) mass is 503 g/mol. The lowest BCUT2D eigenvalue weighted by Crippen LogP contribution is -2.53. The number of nitrogens with zero attached hydrogens (tertiary/aromatic N) is 3. The minimum atomic E-state index is -0.370. The first-order valence-corrected chi connectivity index (χ1v) is 13.9. The van der Waals surface area contributed by atoms with Gasteiger partial charge in [-0.3, -0.25) is 19.5 Å². The van der Waals surface area contributed by atoms with Crippen LogP contribution >= 0.6 is 11.3 Å². The highest BCUT2D eigenvalue weighted by Crippen LogP contribution is 2.47. The van der Waals surface area contributed by atoms with Crippen molar-refractivity contribution in [3.8, 4) is 10.4 Å². The van der Waals surface area contributed by atoms with Crippen molar-refractivity contribution in [2.75, 3.05) is 26.2 Å². The quantitative estimate of drug-likeness (QED) is 0.450. The van der Waals surface area contributed by atoms with Crippen LogP contribution in [0.15, 0.2) is 48.8 Å². The van der Waals surface area contributed by atoms with E-state index in [1.165, 1.54) is 0 Å². The van der Waals surface area contributed by atoms with Crippen LogP contribution in [-0.4, -0.2) is 64.5 Å². The molecule has 0 radical (unpaired) electrons. The molecule has 0 bridgehead atoms. The predicted molar refractivity (Wildman–Crippen MR) is 142 cm³/mol. The van der Waals surface area contributed by atoms with E-state index in [2.05, 4.69) is 22.0 Å². The number of rotatable bonds is 3. The number of benzene rings is 1. The van der Waals surface area contributed by atoms with Crippen LogP contribution < -0.4 is 0 Å². The molecule has 6 nitrogen and oxygen atoms in total. The van der Waals surface area contributed by atoms with Crippen molar-refractivity contribution >= 4 is 33.3 Å². The lowest BCUT2D eigenvalue weighted by atomic mass is 9.74. The number of piperidine rings is 2. The largest absolute Gasteiger partial charge is 0.459 e. The van der Waals surface area contributed by atoms with Gasteiger partial charge in [-0.25, -0.2) is 0 Å². The van der Waals surface area contributed by atoms with Crippen LogP contribution in [0.4, 0.5) is 0 Å². The molecule has 2 aromatic heterocycles. The molecule has 3 aromatic rings. The van der Waals surface area contributed by atoms with Gasteiger partial charge in [0.1, 0.15) is 5.60 Å². The summed E-state index contributed by atoms with van der Waals surface area (Å²) in [5.41, 5.74) is 1.06. The van der Waals surface area contributed by atoms with E-state index in [0.29, 0.717) is 6.04 Å². The van der Waals surface area contributed by atoms with E-state index < -0.39 is 0 Å². The number of hydrogen-bond donors (Lipinski definition) is 0. The average molecular weight is 504 g/mol. The zero-order valence-corrected chi connectivity index (χ0v) is 21.9. The van der Waals surface area contributed by atoms with Crippen molar-refractivity contribution in [1.82, 2.24) is 14.8 Å². The number of pyridine rings is 1. The van der Waals surface area contributed by atoms with Gasteiger partial charge in [0, 0.05) is 65.0 Å². The fourth-order valence-electron chi connectivity index (χ4n) is 6.62. The molecule has 0 N–H and O–H groups in total. The first kappa shape index (κ1) is 23.6. The van der Waals surface area contributed by atoms with Gasteiger partial charge in [-0.1, -0.05) is 24.3 Å². The Morgan fingerprint density at radius 3 is 2.64 bits per heavy atom. The van der Waals surface area contributed by atoms with E-state index in [1.807, 2.05) is 49.2 Å². The van der Waals surface area contributed by atoms with Gasteiger partial charge in [0.2, 0.25) is 0 Å². The van der Waals surface area contributed by atoms with E-state index in [-0.39, 0.29) is 22.9 Å². The molecule has 3 fully saturated rings. The van der Waals surface area contributed by atoms with Gasteiger partial charge >= 0.3 is 5.97 Å². The average Bonchev–Trinajstić information content (AvgIpc) is 3.38. The molecular formula is C29H33N3O3S. The maximum absolute atomic E-state index is 13.9. The number of cyclic esters (lactones) is 1. The number of carbonyl (C=O) groups is 2. The Balaban J connectivity index is 1.19. The van der Waals surface area contributed by atoms with E-state index in [1.54, 1.807) is 17.5 Å². The summed E-state index contributed by atoms with van der Waals surface area (Å²) in [4.78, 5) is 36.6. The van der Waals surface area contributed by atoms with Crippen LogP contribution in [-0.2, 0) is 9.53 Å². The first-order valence-electron chi connectivity index (χ1n) is 13.0. The van der Waals surface area contributed by atoms with Gasteiger partial charge in [0.15, 0.2) is 0 Å². The number of fused-ring (bicyclic) bond motifs is 1. The van der Waals surface area contributed by atoms with Crippen molar-refractivity contribution in [3.05, 3.63) is 54.4 Å². The Bertz CT molecular complexity index is 1300. The number of ether oxygens (including phenoxy) is 1. The number of hydrogen-bond acceptors (Lipinski definition) is 6. The van der Waals surface area contributed by atoms with E-state index in [4.69, 9.17) is 4.74 Å². The number of amides is 1. The topological polar surface area (TPSA) is 62.7 Å². The fourth-order valence-corrected chi connectivity index (χ4v) is 7.81. The second-order valence-corrected chi connectivity index (χ2v) is 12.3. The zero-order chi connectivity index (χ0) is 24.9. The molecule has 3 aliphatic heterocycles. The molecule has 1 aromatic carbocycles. The molecule has 1 spiro atoms. The molecule has 6 rings (SSSR count). The number of likely N-dealkylation sites (tertiary alicyclic amines) is 2. The van der Waals surface area contributed by atoms with Crippen LogP contribution in [0.2, 0.25) is 0 Å². The molecule has 1 amide bonds. The number of thiophene rings is 1. The Morgan fingerprint density at radius 1 is 1.11 bits per heavy atom. The molecular weight excluding hydrogens is 470 g/mol. The van der Waals surface area contributed by atoms with Gasteiger partial charge in [0.05, 0.1) is 11.0 Å². The molecule has 3 aliphatic rings. The van der Waals surface area contributed by atoms with Crippen molar-refractivity contribution in [3.63, 3.8) is 0 Å². The molecule has 5 heterocycles. The number of esters is 1. The van der Waals surface area contributed by atoms with Crippen LogP contribution in [0.5, 0.6) is 0 Å². The maximum Gasteiger partial charge on any atom is 0.314 e. The Hall–Kier alpha value is -2.77. The van der Waals surface area contributed by atoms with E-state index in [0.717, 1.165) is 84.4 Å². The van der Waals surface area contributed by atoms with Crippen LogP contribution in [0.1, 0.15) is 56.3 Å². The number of aromatic nitrogens is 1. The van der Waals surface area contributed by atoms with Crippen LogP contribution in [0.3, 0.4) is 0 Å². The third-order valence-corrected chi connectivity index (χ3v) is 9.39. The normalized spacial score (nSPS) is 24.9. The molecule has 36 heavy (non-hydrogen) atoms. The van der Waals surface area contributed by atoms with Gasteiger partial charge in [-0.2, -0.15) is 0 Å². The second kappa shape index (κ2) is 8.96. The molecule has 188 valence electrons. The summed E-state index contributed by atoms with van der Waals surface area (Å²) in [6.45, 7) is 7.33. The van der Waals surface area contributed by atoms with Crippen molar-refractivity contribution in [1.29, 1.82) is 0 Å². The molecule has 3 saturated heterocycles. The molecule has 0 saturated carbocycles. The second-order valence-electron chi connectivity index (χ2n) is 11.2. The smallest absolute Gasteiger partial charge is 0.314 e. The van der Waals surface area contributed by atoms with E-state index >= 15 is 0 Å². The minimum absolute atomic E-state index is 0.0166. The summed E-state index contributed by atoms with van der Waals surface area (Å²) in [7, 11) is 0. The SMILES string of the molecule is CC1(C)CC2(CCCN(C3CCN(C(=O)c4c(-c5cccnc5)sc5ccccc45)CC3)C2)C(=O)O1. The molecule has 1 unspecified atom stereocenters. The fraction of sp³-hybridized carbons (Fsp3) is 0.483. The van der Waals surface area contributed by atoms with Crippen LogP contribution in [0.25, 0.3) is 20.5 Å². The summed E-state index contributed by atoms with van der Waals surface area (Å²) in [6, 6.07) is 12.5. The number of carbonyl (C=O) groups excluding carboxylic acids is 2. The third-order valence-electron chi connectivity index (χ3n) is 8.17. The molecule has 1 atom stereocenters. The summed E-state index contributed by atoms with van der Waals surface area (Å²) >= 11 is 1.66. The Kier molecular flexibility index (Phi) is 5.88.